The Labute approximate surface area is 174 Å². The molecule has 0 saturated carbocycles. The Hall–Kier alpha value is -1.65. The van der Waals surface area contributed by atoms with Gasteiger partial charge in [-0.15, -0.1) is 0 Å². The summed E-state index contributed by atoms with van der Waals surface area (Å²) < 4.78 is 0. The molecule has 0 bridgehead atoms. The summed E-state index contributed by atoms with van der Waals surface area (Å²) in [5.41, 5.74) is 6.38. The van der Waals surface area contributed by atoms with Gasteiger partial charge in [0.25, 0.3) is 0 Å². The molecule has 2 unspecified atom stereocenters. The van der Waals surface area contributed by atoms with Gasteiger partial charge in [-0.05, 0) is 18.8 Å². The van der Waals surface area contributed by atoms with Crippen molar-refractivity contribution in [2.75, 3.05) is 26.2 Å². The zero-order valence-corrected chi connectivity index (χ0v) is 19.6. The topological polar surface area (TPSA) is 0 Å². The van der Waals surface area contributed by atoms with E-state index in [2.05, 4.69) is 102 Å². The van der Waals surface area contributed by atoms with Crippen LogP contribution in [0.4, 0.5) is 0 Å². The average molecular weight is 395 g/mol. The molecule has 28 heavy (non-hydrogen) atoms. The van der Waals surface area contributed by atoms with Crippen LogP contribution < -0.4 is 0 Å². The van der Waals surface area contributed by atoms with Gasteiger partial charge in [-0.3, -0.25) is 0 Å². The molecule has 2 aliphatic rings. The van der Waals surface area contributed by atoms with E-state index in [-0.39, 0.29) is 0 Å². The van der Waals surface area contributed by atoms with Gasteiger partial charge in [0.1, 0.15) is 0 Å². The van der Waals surface area contributed by atoms with E-state index in [9.17, 15) is 0 Å². The zero-order valence-electron chi connectivity index (χ0n) is 18.6. The molecular weight excluding hydrogens is 355 g/mol. The molecule has 0 saturated heterocycles. The first-order valence-electron chi connectivity index (χ1n) is 10.7. The molecule has 0 amide bonds. The molecule has 1 heteroatoms. The van der Waals surface area contributed by atoms with E-state index in [0.29, 0.717) is 11.8 Å². The molecule has 0 aromatic rings. The van der Waals surface area contributed by atoms with E-state index in [1.165, 1.54) is 17.3 Å². The molecule has 0 heterocycles. The fraction of sp³-hybridized carbons (Fsp3) is 0.407. The van der Waals surface area contributed by atoms with Crippen LogP contribution >= 0.6 is 7.26 Å². The Morgan fingerprint density at radius 2 is 1.75 bits per heavy atom. The van der Waals surface area contributed by atoms with Crippen molar-refractivity contribution in [3.05, 3.63) is 95.7 Å². The third-order valence-corrected chi connectivity index (χ3v) is 7.06. The van der Waals surface area contributed by atoms with Crippen LogP contribution in [0.5, 0.6) is 0 Å². The Morgan fingerprint density at radius 3 is 2.36 bits per heavy atom. The van der Waals surface area contributed by atoms with Crippen molar-refractivity contribution in [1.82, 2.24) is 0 Å². The summed E-state index contributed by atoms with van der Waals surface area (Å²) in [6.07, 6.45) is 24.8. The summed E-state index contributed by atoms with van der Waals surface area (Å²) in [6, 6.07) is 0. The van der Waals surface area contributed by atoms with Crippen LogP contribution in [0.25, 0.3) is 0 Å². The summed E-state index contributed by atoms with van der Waals surface area (Å²) in [4.78, 5) is 0. The maximum absolute atomic E-state index is 4.21. The van der Waals surface area contributed by atoms with Crippen molar-refractivity contribution in [2.24, 2.45) is 11.8 Å². The van der Waals surface area contributed by atoms with Crippen LogP contribution in [0.2, 0.25) is 0 Å². The number of rotatable bonds is 9. The molecule has 0 radical (unpaired) electrons. The first kappa shape index (κ1) is 22.6. The van der Waals surface area contributed by atoms with Gasteiger partial charge in [-0.1, -0.05) is 31.6 Å². The molecule has 2 atom stereocenters. The van der Waals surface area contributed by atoms with E-state index in [1.54, 1.807) is 5.57 Å². The monoisotopic (exact) mass is 394 g/mol. The summed E-state index contributed by atoms with van der Waals surface area (Å²) in [5, 5.41) is 0. The summed E-state index contributed by atoms with van der Waals surface area (Å²) in [6.45, 7) is 20.3. The predicted octanol–water partition coefficient (Wildman–Crippen LogP) is 7.66. The molecule has 0 N–H and O–H groups in total. The van der Waals surface area contributed by atoms with Crippen molar-refractivity contribution in [1.29, 1.82) is 0 Å². The average Bonchev–Trinajstić information content (AvgIpc) is 3.04. The quantitative estimate of drug-likeness (QED) is 0.278. The van der Waals surface area contributed by atoms with Crippen LogP contribution in [-0.4, -0.2) is 26.2 Å². The fourth-order valence-electron chi connectivity index (χ4n) is 3.82. The minimum atomic E-state index is -1.02. The van der Waals surface area contributed by atoms with Gasteiger partial charge in [0.15, 0.2) is 0 Å². The second-order valence-corrected chi connectivity index (χ2v) is 15.1. The van der Waals surface area contributed by atoms with Crippen molar-refractivity contribution < 1.29 is 0 Å². The maximum atomic E-state index is 4.21. The van der Waals surface area contributed by atoms with Crippen LogP contribution in [0.1, 0.15) is 33.1 Å². The molecule has 0 fully saturated rings. The molecule has 152 valence electrons. The van der Waals surface area contributed by atoms with Crippen LogP contribution in [0.3, 0.4) is 0 Å². The van der Waals surface area contributed by atoms with Crippen molar-refractivity contribution in [3.8, 4) is 0 Å². The van der Waals surface area contributed by atoms with Gasteiger partial charge in [-0.25, -0.2) is 0 Å². The van der Waals surface area contributed by atoms with E-state index in [4.69, 9.17) is 0 Å². The Balaban J connectivity index is 1.84. The number of allylic oxidation sites excluding steroid dienone is 14. The molecule has 0 nitrogen and oxygen atoms in total. The van der Waals surface area contributed by atoms with Gasteiger partial charge in [0.05, 0.1) is 0 Å². The number of hydrogen-bond acceptors (Lipinski definition) is 0. The van der Waals surface area contributed by atoms with Gasteiger partial charge >= 0.3 is 124 Å². The SMILES string of the molecule is C=C(/C=C/C1=CCC(C)C(CC)=C1)CC(=C)/C=C/C1=CC(C[PH](C)(C)C)C=C1. The molecule has 0 aromatic carbocycles. The van der Waals surface area contributed by atoms with E-state index in [0.717, 1.165) is 30.4 Å². The molecule has 0 aliphatic heterocycles. The molecule has 2 rings (SSSR count). The standard InChI is InChI=1S/C27H39P/c1-8-27-19-25(14-11-23(27)4)13-10-22(3)17-21(2)9-12-24-15-16-26(18-24)20-28(5,6)7/h9-10,12-16,18-19,23,26,28H,2-3,8,11,17,20H2,1,4-7H3/b12-9+,13-10+. The van der Waals surface area contributed by atoms with E-state index < -0.39 is 7.26 Å². The predicted molar refractivity (Wildman–Crippen MR) is 133 cm³/mol. The Morgan fingerprint density at radius 1 is 1.11 bits per heavy atom. The van der Waals surface area contributed by atoms with Crippen LogP contribution in [0, 0.1) is 11.8 Å². The normalized spacial score (nSPS) is 23.1. The van der Waals surface area contributed by atoms with Gasteiger partial charge in [0, 0.05) is 0 Å². The first-order valence-corrected chi connectivity index (χ1v) is 14.4. The van der Waals surface area contributed by atoms with Gasteiger partial charge < -0.3 is 0 Å². The summed E-state index contributed by atoms with van der Waals surface area (Å²) in [5.74, 6) is 1.30. The van der Waals surface area contributed by atoms with Crippen molar-refractivity contribution >= 4 is 7.26 Å². The van der Waals surface area contributed by atoms with Gasteiger partial charge in [-0.2, -0.15) is 0 Å². The number of hydrogen-bond donors (Lipinski definition) is 0. The second kappa shape index (κ2) is 10.2. The fourth-order valence-corrected chi connectivity index (χ4v) is 5.49. The second-order valence-electron chi connectivity index (χ2n) is 9.53. The summed E-state index contributed by atoms with van der Waals surface area (Å²) >= 11 is 0. The molecule has 0 aromatic heterocycles. The van der Waals surface area contributed by atoms with Crippen molar-refractivity contribution in [2.45, 2.75) is 33.1 Å². The zero-order chi connectivity index (χ0) is 20.7. The summed E-state index contributed by atoms with van der Waals surface area (Å²) in [7, 11) is -1.02. The Bertz CT molecular complexity index is 772. The van der Waals surface area contributed by atoms with Crippen molar-refractivity contribution in [3.63, 3.8) is 0 Å². The minimum absolute atomic E-state index is 0.616. The third kappa shape index (κ3) is 7.76. The van der Waals surface area contributed by atoms with Crippen LogP contribution in [0.15, 0.2) is 95.7 Å². The molecular formula is C27H39P. The van der Waals surface area contributed by atoms with E-state index >= 15 is 0 Å². The van der Waals surface area contributed by atoms with Crippen LogP contribution in [-0.2, 0) is 0 Å². The molecule has 2 aliphatic carbocycles. The Kier molecular flexibility index (Phi) is 8.26. The third-order valence-electron chi connectivity index (χ3n) is 5.37. The van der Waals surface area contributed by atoms with Gasteiger partial charge in [0.2, 0.25) is 0 Å². The molecule has 0 spiro atoms. The van der Waals surface area contributed by atoms with E-state index in [1.807, 2.05) is 0 Å². The first-order chi connectivity index (χ1) is 13.2.